The summed E-state index contributed by atoms with van der Waals surface area (Å²) in [6, 6.07) is 25.4. The zero-order valence-electron chi connectivity index (χ0n) is 16.0. The molecule has 0 aliphatic rings. The molecule has 4 rings (SSSR count). The van der Waals surface area contributed by atoms with Crippen LogP contribution in [-0.4, -0.2) is 16.8 Å². The second kappa shape index (κ2) is 9.15. The molecule has 2 amide bonds. The van der Waals surface area contributed by atoms with E-state index in [9.17, 15) is 9.59 Å². The van der Waals surface area contributed by atoms with Crippen LogP contribution >= 0.6 is 11.3 Å². The van der Waals surface area contributed by atoms with Crippen molar-refractivity contribution in [1.29, 1.82) is 0 Å². The van der Waals surface area contributed by atoms with Crippen LogP contribution in [0.2, 0.25) is 0 Å². The van der Waals surface area contributed by atoms with Gasteiger partial charge in [0.2, 0.25) is 0 Å². The first-order valence-corrected chi connectivity index (χ1v) is 10.3. The number of nitrogens with zero attached hydrogens (tertiary/aromatic N) is 1. The molecule has 0 aliphatic heterocycles. The van der Waals surface area contributed by atoms with Gasteiger partial charge in [0.15, 0.2) is 0 Å². The Morgan fingerprint density at radius 2 is 1.57 bits per heavy atom. The molecule has 2 heterocycles. The van der Waals surface area contributed by atoms with Gasteiger partial charge in [-0.3, -0.25) is 14.6 Å². The van der Waals surface area contributed by atoms with Crippen LogP contribution in [-0.2, 0) is 0 Å². The average molecular weight is 414 g/mol. The summed E-state index contributed by atoms with van der Waals surface area (Å²) in [5.41, 5.74) is 2.84. The molecule has 2 N–H and O–H groups in total. The van der Waals surface area contributed by atoms with Crippen molar-refractivity contribution in [3.63, 3.8) is 0 Å². The summed E-state index contributed by atoms with van der Waals surface area (Å²) in [7, 11) is 0. The monoisotopic (exact) mass is 413 g/mol. The van der Waals surface area contributed by atoms with Crippen molar-refractivity contribution < 1.29 is 9.59 Å². The van der Waals surface area contributed by atoms with Crippen LogP contribution in [0.25, 0.3) is 0 Å². The number of thiophene rings is 1. The molecule has 2 aromatic carbocycles. The summed E-state index contributed by atoms with van der Waals surface area (Å²) < 4.78 is 0. The molecule has 30 heavy (non-hydrogen) atoms. The highest BCUT2D eigenvalue weighted by Crippen LogP contribution is 2.21. The third-order valence-electron chi connectivity index (χ3n) is 4.54. The molecule has 2 aromatic heterocycles. The molecule has 148 valence electrons. The summed E-state index contributed by atoms with van der Waals surface area (Å²) >= 11 is 1.38. The number of amides is 2. The molecule has 0 saturated heterocycles. The molecule has 0 aliphatic carbocycles. The van der Waals surface area contributed by atoms with Crippen molar-refractivity contribution in [2.75, 3.05) is 5.32 Å². The Kier molecular flexibility index (Phi) is 5.96. The Morgan fingerprint density at radius 3 is 2.23 bits per heavy atom. The van der Waals surface area contributed by atoms with Gasteiger partial charge in [-0.1, -0.05) is 42.5 Å². The minimum atomic E-state index is -0.363. The van der Waals surface area contributed by atoms with Gasteiger partial charge in [-0.15, -0.1) is 11.3 Å². The van der Waals surface area contributed by atoms with Crippen molar-refractivity contribution in [1.82, 2.24) is 10.3 Å². The maximum absolute atomic E-state index is 12.9. The van der Waals surface area contributed by atoms with E-state index in [4.69, 9.17) is 0 Å². The van der Waals surface area contributed by atoms with Gasteiger partial charge in [0.05, 0.1) is 16.6 Å². The average Bonchev–Trinajstić information content (AvgIpc) is 3.34. The maximum atomic E-state index is 12.9. The van der Waals surface area contributed by atoms with Crippen molar-refractivity contribution >= 4 is 28.8 Å². The highest BCUT2D eigenvalue weighted by atomic mass is 32.1. The zero-order chi connectivity index (χ0) is 20.8. The van der Waals surface area contributed by atoms with E-state index in [0.29, 0.717) is 16.1 Å². The fraction of sp³-hybridized carbons (Fsp3) is 0.0417. The Morgan fingerprint density at radius 1 is 0.800 bits per heavy atom. The van der Waals surface area contributed by atoms with Crippen molar-refractivity contribution in [2.24, 2.45) is 0 Å². The van der Waals surface area contributed by atoms with E-state index in [-0.39, 0.29) is 17.9 Å². The first kappa shape index (κ1) is 19.5. The smallest absolute Gasteiger partial charge is 0.265 e. The van der Waals surface area contributed by atoms with Gasteiger partial charge in [-0.25, -0.2) is 0 Å². The predicted molar refractivity (Wildman–Crippen MR) is 119 cm³/mol. The molecule has 0 saturated carbocycles. The number of benzene rings is 2. The van der Waals surface area contributed by atoms with Gasteiger partial charge in [-0.05, 0) is 53.4 Å². The van der Waals surface area contributed by atoms with Gasteiger partial charge in [0.1, 0.15) is 0 Å². The van der Waals surface area contributed by atoms with Crippen LogP contribution in [0, 0.1) is 0 Å². The van der Waals surface area contributed by atoms with Crippen molar-refractivity contribution in [2.45, 2.75) is 6.04 Å². The molecule has 0 bridgehead atoms. The number of aromatic nitrogens is 1. The largest absolute Gasteiger partial charge is 0.340 e. The topological polar surface area (TPSA) is 71.1 Å². The number of hydrogen-bond donors (Lipinski definition) is 2. The molecule has 1 unspecified atom stereocenters. The van der Waals surface area contributed by atoms with E-state index >= 15 is 0 Å². The van der Waals surface area contributed by atoms with E-state index < -0.39 is 0 Å². The van der Waals surface area contributed by atoms with E-state index in [1.165, 1.54) is 11.3 Å². The molecule has 0 fully saturated rings. The number of hydrogen-bond acceptors (Lipinski definition) is 4. The second-order valence-corrected chi connectivity index (χ2v) is 7.53. The van der Waals surface area contributed by atoms with E-state index in [1.54, 1.807) is 36.5 Å². The lowest BCUT2D eigenvalue weighted by molar-refractivity contribution is 0.0941. The van der Waals surface area contributed by atoms with Gasteiger partial charge in [0, 0.05) is 17.4 Å². The quantitative estimate of drug-likeness (QED) is 0.472. The summed E-state index contributed by atoms with van der Waals surface area (Å²) in [6.07, 6.45) is 1.71. The fourth-order valence-corrected chi connectivity index (χ4v) is 3.66. The predicted octanol–water partition coefficient (Wildman–Crippen LogP) is 4.91. The Bertz CT molecular complexity index is 1070. The van der Waals surface area contributed by atoms with Gasteiger partial charge >= 0.3 is 0 Å². The molecular weight excluding hydrogens is 394 g/mol. The number of nitrogens with one attached hydrogen (secondary N) is 2. The molecule has 6 heteroatoms. The summed E-state index contributed by atoms with van der Waals surface area (Å²) in [5, 5.41) is 7.75. The van der Waals surface area contributed by atoms with Crippen molar-refractivity contribution in [3.05, 3.63) is 118 Å². The van der Waals surface area contributed by atoms with Crippen LogP contribution in [0.15, 0.2) is 96.5 Å². The highest BCUT2D eigenvalue weighted by molar-refractivity contribution is 7.12. The molecule has 0 radical (unpaired) electrons. The SMILES string of the molecule is O=C(NC(c1ccccc1)c1ccccn1)c1ccc(NC(=O)c2cccs2)cc1. The van der Waals surface area contributed by atoms with Crippen molar-refractivity contribution in [3.8, 4) is 0 Å². The lowest BCUT2D eigenvalue weighted by atomic mass is 10.0. The fourth-order valence-electron chi connectivity index (χ4n) is 3.04. The Labute approximate surface area is 178 Å². The van der Waals surface area contributed by atoms with Crippen LogP contribution in [0.5, 0.6) is 0 Å². The van der Waals surface area contributed by atoms with Crippen LogP contribution in [0.1, 0.15) is 37.3 Å². The highest BCUT2D eigenvalue weighted by Gasteiger charge is 2.19. The van der Waals surface area contributed by atoms with Crippen LogP contribution in [0.4, 0.5) is 5.69 Å². The minimum Gasteiger partial charge on any atom is -0.340 e. The summed E-state index contributed by atoms with van der Waals surface area (Å²) in [4.78, 5) is 30.1. The Hall–Kier alpha value is -3.77. The maximum Gasteiger partial charge on any atom is 0.265 e. The minimum absolute atomic E-state index is 0.165. The zero-order valence-corrected chi connectivity index (χ0v) is 16.8. The normalized spacial score (nSPS) is 11.5. The molecule has 5 nitrogen and oxygen atoms in total. The number of pyridine rings is 1. The van der Waals surface area contributed by atoms with Crippen LogP contribution < -0.4 is 10.6 Å². The molecule has 4 aromatic rings. The third kappa shape index (κ3) is 4.61. The first-order chi connectivity index (χ1) is 14.7. The van der Waals surface area contributed by atoms with E-state index in [0.717, 1.165) is 11.3 Å². The second-order valence-electron chi connectivity index (χ2n) is 6.58. The number of rotatable bonds is 6. The first-order valence-electron chi connectivity index (χ1n) is 9.42. The number of anilines is 1. The molecular formula is C24H19N3O2S. The van der Waals surface area contributed by atoms with Gasteiger partial charge in [-0.2, -0.15) is 0 Å². The number of carbonyl (C=O) groups excluding carboxylic acids is 2. The third-order valence-corrected chi connectivity index (χ3v) is 5.41. The van der Waals surface area contributed by atoms with E-state index in [2.05, 4.69) is 15.6 Å². The summed E-state index contributed by atoms with van der Waals surface area (Å²) in [6.45, 7) is 0. The Balaban J connectivity index is 1.49. The van der Waals surface area contributed by atoms with Gasteiger partial charge in [0.25, 0.3) is 11.8 Å². The standard InChI is InChI=1S/C24H19N3O2S/c28-23(18-11-13-19(14-12-18)26-24(29)21-10-6-16-30-21)27-22(17-7-2-1-3-8-17)20-9-4-5-15-25-20/h1-16,22H,(H,26,29)(H,27,28). The number of carbonyl (C=O) groups is 2. The molecule has 0 spiro atoms. The summed E-state index contributed by atoms with van der Waals surface area (Å²) in [5.74, 6) is -0.382. The van der Waals surface area contributed by atoms with Gasteiger partial charge < -0.3 is 10.6 Å². The molecule has 1 atom stereocenters. The lowest BCUT2D eigenvalue weighted by Crippen LogP contribution is -2.29. The lowest BCUT2D eigenvalue weighted by Gasteiger charge is -2.19. The van der Waals surface area contributed by atoms with E-state index in [1.807, 2.05) is 60.0 Å². The van der Waals surface area contributed by atoms with Crippen LogP contribution in [0.3, 0.4) is 0 Å².